The predicted molar refractivity (Wildman–Crippen MR) is 41.4 cm³/mol. The maximum absolute atomic E-state index is 10.3. The molecule has 0 rings (SSSR count). The Kier molecular flexibility index (Phi) is 4.24. The maximum Gasteiger partial charge on any atom is 0.331 e. The van der Waals surface area contributed by atoms with Gasteiger partial charge in [0.1, 0.15) is 0 Å². The van der Waals surface area contributed by atoms with Crippen LogP contribution >= 0.6 is 0 Å². The van der Waals surface area contributed by atoms with Gasteiger partial charge in [-0.3, -0.25) is 0 Å². The summed E-state index contributed by atoms with van der Waals surface area (Å²) in [5, 5.41) is 16.7. The maximum atomic E-state index is 10.3. The van der Waals surface area contributed by atoms with Gasteiger partial charge in [0.25, 0.3) is 0 Å². The van der Waals surface area contributed by atoms with Crippen molar-refractivity contribution in [1.29, 1.82) is 0 Å². The summed E-state index contributed by atoms with van der Waals surface area (Å²) in [4.78, 5) is 20.4. The molecule has 4 heteroatoms. The van der Waals surface area contributed by atoms with Gasteiger partial charge in [0.15, 0.2) is 0 Å². The standard InChI is InChI=1S/C8H8O4/c1-2-3-4-6(8(11)12)5-7(9)10/h1,5H,3-4H2,(H,9,10)(H,11,12). The molecule has 0 aliphatic rings. The SMILES string of the molecule is C#CCCC(=CC(=O)O)C(=O)O. The number of carbonyl (C=O) groups is 2. The van der Waals surface area contributed by atoms with E-state index in [-0.39, 0.29) is 18.4 Å². The van der Waals surface area contributed by atoms with Gasteiger partial charge in [0.2, 0.25) is 0 Å². The van der Waals surface area contributed by atoms with Gasteiger partial charge in [-0.1, -0.05) is 0 Å². The average Bonchev–Trinajstić information content (AvgIpc) is 1.96. The van der Waals surface area contributed by atoms with Crippen LogP contribution in [-0.4, -0.2) is 22.2 Å². The number of aliphatic carboxylic acids is 2. The first-order chi connectivity index (χ1) is 5.57. The molecule has 0 atom stereocenters. The zero-order valence-corrected chi connectivity index (χ0v) is 6.28. The van der Waals surface area contributed by atoms with Crippen molar-refractivity contribution in [3.8, 4) is 12.3 Å². The van der Waals surface area contributed by atoms with Gasteiger partial charge in [-0.15, -0.1) is 12.3 Å². The van der Waals surface area contributed by atoms with Crippen molar-refractivity contribution in [3.63, 3.8) is 0 Å². The third-order valence-electron chi connectivity index (χ3n) is 1.11. The summed E-state index contributed by atoms with van der Waals surface area (Å²) in [5.74, 6) is -0.287. The van der Waals surface area contributed by atoms with Crippen molar-refractivity contribution in [3.05, 3.63) is 11.6 Å². The van der Waals surface area contributed by atoms with Crippen molar-refractivity contribution in [2.45, 2.75) is 12.8 Å². The van der Waals surface area contributed by atoms with Gasteiger partial charge < -0.3 is 10.2 Å². The molecule has 0 aliphatic carbocycles. The lowest BCUT2D eigenvalue weighted by atomic mass is 10.1. The Hall–Kier alpha value is -1.76. The van der Waals surface area contributed by atoms with E-state index < -0.39 is 11.9 Å². The van der Waals surface area contributed by atoms with Gasteiger partial charge in [-0.2, -0.15) is 0 Å². The molecule has 0 spiro atoms. The Morgan fingerprint density at radius 3 is 2.33 bits per heavy atom. The van der Waals surface area contributed by atoms with Crippen LogP contribution in [0.4, 0.5) is 0 Å². The molecule has 12 heavy (non-hydrogen) atoms. The van der Waals surface area contributed by atoms with E-state index in [0.717, 1.165) is 0 Å². The number of carboxylic acid groups (broad SMARTS) is 2. The van der Waals surface area contributed by atoms with E-state index in [0.29, 0.717) is 6.08 Å². The van der Waals surface area contributed by atoms with Crippen LogP contribution in [0, 0.1) is 12.3 Å². The fraction of sp³-hybridized carbons (Fsp3) is 0.250. The summed E-state index contributed by atoms with van der Waals surface area (Å²) >= 11 is 0. The second-order valence-corrected chi connectivity index (χ2v) is 2.02. The molecule has 0 amide bonds. The van der Waals surface area contributed by atoms with Crippen molar-refractivity contribution in [1.82, 2.24) is 0 Å². The highest BCUT2D eigenvalue weighted by Crippen LogP contribution is 2.04. The molecule has 0 aromatic heterocycles. The molecule has 0 saturated carbocycles. The fourth-order valence-corrected chi connectivity index (χ4v) is 0.597. The molecule has 4 nitrogen and oxygen atoms in total. The lowest BCUT2D eigenvalue weighted by molar-refractivity contribution is -0.135. The van der Waals surface area contributed by atoms with Crippen molar-refractivity contribution >= 4 is 11.9 Å². The van der Waals surface area contributed by atoms with E-state index in [9.17, 15) is 9.59 Å². The molecule has 0 aromatic rings. The summed E-state index contributed by atoms with van der Waals surface area (Å²) < 4.78 is 0. The van der Waals surface area contributed by atoms with Crippen LogP contribution in [0.5, 0.6) is 0 Å². The van der Waals surface area contributed by atoms with Crippen LogP contribution in [0.1, 0.15) is 12.8 Å². The van der Waals surface area contributed by atoms with E-state index in [1.807, 2.05) is 0 Å². The van der Waals surface area contributed by atoms with Gasteiger partial charge in [-0.05, 0) is 6.42 Å². The molecule has 0 unspecified atom stereocenters. The minimum Gasteiger partial charge on any atom is -0.478 e. The van der Waals surface area contributed by atoms with Gasteiger partial charge in [-0.25, -0.2) is 9.59 Å². The monoisotopic (exact) mass is 168 g/mol. The number of carboxylic acids is 2. The quantitative estimate of drug-likeness (QED) is 0.473. The lowest BCUT2D eigenvalue weighted by Gasteiger charge is -1.95. The molecule has 0 aromatic carbocycles. The Bertz CT molecular complexity index is 257. The highest BCUT2D eigenvalue weighted by molar-refractivity contribution is 5.94. The molecule has 64 valence electrons. The molecule has 0 heterocycles. The molecule has 0 saturated heterocycles. The number of hydrogen-bond donors (Lipinski definition) is 2. The topological polar surface area (TPSA) is 74.6 Å². The Balaban J connectivity index is 4.36. The molecule has 0 bridgehead atoms. The van der Waals surface area contributed by atoms with Crippen LogP contribution in [0.2, 0.25) is 0 Å². The van der Waals surface area contributed by atoms with Gasteiger partial charge in [0, 0.05) is 18.1 Å². The molecular weight excluding hydrogens is 160 g/mol. The van der Waals surface area contributed by atoms with Crippen LogP contribution in [-0.2, 0) is 9.59 Å². The Labute approximate surface area is 69.5 Å². The summed E-state index contributed by atoms with van der Waals surface area (Å²) in [7, 11) is 0. The van der Waals surface area contributed by atoms with Crippen LogP contribution in [0.25, 0.3) is 0 Å². The molecule has 2 N–H and O–H groups in total. The fourth-order valence-electron chi connectivity index (χ4n) is 0.597. The first kappa shape index (κ1) is 10.2. The average molecular weight is 168 g/mol. The summed E-state index contributed by atoms with van der Waals surface area (Å²) in [6.07, 6.45) is 5.85. The summed E-state index contributed by atoms with van der Waals surface area (Å²) in [6, 6.07) is 0. The second-order valence-electron chi connectivity index (χ2n) is 2.02. The van der Waals surface area contributed by atoms with Crippen molar-refractivity contribution in [2.24, 2.45) is 0 Å². The van der Waals surface area contributed by atoms with Gasteiger partial charge >= 0.3 is 11.9 Å². The molecular formula is C8H8O4. The lowest BCUT2D eigenvalue weighted by Crippen LogP contribution is -2.03. The molecule has 0 aliphatic heterocycles. The van der Waals surface area contributed by atoms with E-state index in [1.165, 1.54) is 0 Å². The number of hydrogen-bond acceptors (Lipinski definition) is 2. The van der Waals surface area contributed by atoms with Crippen LogP contribution in [0.15, 0.2) is 11.6 Å². The third kappa shape index (κ3) is 4.12. The minimum absolute atomic E-state index is 0.0815. The Morgan fingerprint density at radius 2 is 2.00 bits per heavy atom. The largest absolute Gasteiger partial charge is 0.478 e. The van der Waals surface area contributed by atoms with E-state index in [1.54, 1.807) is 0 Å². The van der Waals surface area contributed by atoms with Crippen LogP contribution in [0.3, 0.4) is 0 Å². The normalized spacial score (nSPS) is 10.4. The molecule has 0 radical (unpaired) electrons. The summed E-state index contributed by atoms with van der Waals surface area (Å²) in [6.45, 7) is 0. The Morgan fingerprint density at radius 1 is 1.42 bits per heavy atom. The highest BCUT2D eigenvalue weighted by Gasteiger charge is 2.07. The first-order valence-corrected chi connectivity index (χ1v) is 3.18. The number of terminal acetylenes is 1. The van der Waals surface area contributed by atoms with Gasteiger partial charge in [0.05, 0.1) is 0 Å². The summed E-state index contributed by atoms with van der Waals surface area (Å²) in [5.41, 5.74) is -0.180. The zero-order chi connectivity index (χ0) is 9.56. The second kappa shape index (κ2) is 4.97. The predicted octanol–water partition coefficient (Wildman–Crippen LogP) is 0.495. The number of rotatable bonds is 4. The van der Waals surface area contributed by atoms with E-state index in [2.05, 4.69) is 5.92 Å². The minimum atomic E-state index is -1.27. The first-order valence-electron chi connectivity index (χ1n) is 3.18. The van der Waals surface area contributed by atoms with Crippen LogP contribution < -0.4 is 0 Å². The van der Waals surface area contributed by atoms with Crippen molar-refractivity contribution in [2.75, 3.05) is 0 Å². The molecule has 0 fully saturated rings. The smallest absolute Gasteiger partial charge is 0.331 e. The van der Waals surface area contributed by atoms with E-state index >= 15 is 0 Å². The van der Waals surface area contributed by atoms with E-state index in [4.69, 9.17) is 16.6 Å². The zero-order valence-electron chi connectivity index (χ0n) is 6.28. The van der Waals surface area contributed by atoms with Crippen molar-refractivity contribution < 1.29 is 19.8 Å². The highest BCUT2D eigenvalue weighted by atomic mass is 16.4. The third-order valence-corrected chi connectivity index (χ3v) is 1.11.